The molecule has 11 nitrogen and oxygen atoms in total. The zero-order valence-corrected chi connectivity index (χ0v) is 49.7. The van der Waals surface area contributed by atoms with Gasteiger partial charge in [0.2, 0.25) is 5.91 Å². The van der Waals surface area contributed by atoms with Gasteiger partial charge < -0.3 is 45.1 Å². The van der Waals surface area contributed by atoms with Crippen LogP contribution < -0.4 is 5.32 Å². The number of rotatable bonds is 56. The van der Waals surface area contributed by atoms with Crippen molar-refractivity contribution in [2.24, 2.45) is 0 Å². The lowest BCUT2D eigenvalue weighted by Gasteiger charge is -2.40. The molecule has 1 aliphatic rings. The van der Waals surface area contributed by atoms with Crippen LogP contribution in [0.5, 0.6) is 0 Å². The highest BCUT2D eigenvalue weighted by Gasteiger charge is 2.44. The molecule has 7 atom stereocenters. The summed E-state index contributed by atoms with van der Waals surface area (Å²) in [5, 5.41) is 54.2. The SMILES string of the molecule is CCCC/C=C\CCCCCCCC(=O)OCCCCCCCCCCC/C=C\C/C=C\CCCCCCCCCCCCCCCC(=O)NC(COC1OC(CO)C(O)C(O)C1O)C(O)/C=C/CCCCCCCCC. The Balaban J connectivity index is 1.97. The van der Waals surface area contributed by atoms with Crippen LogP contribution in [0.3, 0.4) is 0 Å². The van der Waals surface area contributed by atoms with Gasteiger partial charge >= 0.3 is 5.97 Å². The fourth-order valence-corrected chi connectivity index (χ4v) is 9.98. The lowest BCUT2D eigenvalue weighted by atomic mass is 9.99. The monoisotopic (exact) mass is 1090 g/mol. The van der Waals surface area contributed by atoms with Gasteiger partial charge in [-0.25, -0.2) is 0 Å². The van der Waals surface area contributed by atoms with E-state index in [0.717, 1.165) is 64.2 Å². The summed E-state index contributed by atoms with van der Waals surface area (Å²) >= 11 is 0. The highest BCUT2D eigenvalue weighted by Crippen LogP contribution is 2.23. The summed E-state index contributed by atoms with van der Waals surface area (Å²) in [5.41, 5.74) is 0. The summed E-state index contributed by atoms with van der Waals surface area (Å²) in [4.78, 5) is 25.0. The molecule has 1 rings (SSSR count). The van der Waals surface area contributed by atoms with Crippen LogP contribution in [0.4, 0.5) is 0 Å². The third-order valence-electron chi connectivity index (χ3n) is 15.2. The Morgan fingerprint density at radius 3 is 1.36 bits per heavy atom. The van der Waals surface area contributed by atoms with Gasteiger partial charge in [-0.05, 0) is 83.5 Å². The van der Waals surface area contributed by atoms with Crippen LogP contribution in [0.1, 0.15) is 296 Å². The van der Waals surface area contributed by atoms with Gasteiger partial charge in [0.1, 0.15) is 24.4 Å². The lowest BCUT2D eigenvalue weighted by molar-refractivity contribution is -0.302. The Labute approximate surface area is 472 Å². The minimum Gasteiger partial charge on any atom is -0.466 e. The third kappa shape index (κ3) is 45.0. The highest BCUT2D eigenvalue weighted by atomic mass is 16.7. The van der Waals surface area contributed by atoms with E-state index in [4.69, 9.17) is 14.2 Å². The molecule has 450 valence electrons. The van der Waals surface area contributed by atoms with Crippen molar-refractivity contribution in [3.05, 3.63) is 48.6 Å². The zero-order valence-electron chi connectivity index (χ0n) is 49.7. The van der Waals surface area contributed by atoms with E-state index in [2.05, 4.69) is 55.6 Å². The van der Waals surface area contributed by atoms with E-state index >= 15 is 0 Å². The number of ether oxygens (including phenoxy) is 3. The highest BCUT2D eigenvalue weighted by molar-refractivity contribution is 5.76. The maximum Gasteiger partial charge on any atom is 0.305 e. The molecule has 6 N–H and O–H groups in total. The third-order valence-corrected chi connectivity index (χ3v) is 15.2. The zero-order chi connectivity index (χ0) is 55.9. The molecule has 1 heterocycles. The normalized spacial score (nSPS) is 18.9. The Morgan fingerprint density at radius 2 is 0.883 bits per heavy atom. The first-order valence-electron chi connectivity index (χ1n) is 32.4. The van der Waals surface area contributed by atoms with Gasteiger partial charge in [-0.15, -0.1) is 0 Å². The molecule has 77 heavy (non-hydrogen) atoms. The second kappa shape index (κ2) is 55.5. The average molecular weight is 1090 g/mol. The van der Waals surface area contributed by atoms with Crippen molar-refractivity contribution in [3.8, 4) is 0 Å². The first kappa shape index (κ1) is 72.6. The Bertz CT molecular complexity index is 1420. The van der Waals surface area contributed by atoms with Crippen molar-refractivity contribution in [1.29, 1.82) is 0 Å². The molecule has 7 unspecified atom stereocenters. The fraction of sp³-hybridized carbons (Fsp3) is 0.848. The number of hydrogen-bond donors (Lipinski definition) is 6. The van der Waals surface area contributed by atoms with Crippen LogP contribution in [-0.2, 0) is 23.8 Å². The number of allylic oxidation sites excluding steroid dienone is 7. The number of unbranched alkanes of at least 4 members (excludes halogenated alkanes) is 36. The van der Waals surface area contributed by atoms with E-state index in [0.29, 0.717) is 19.4 Å². The number of carbonyl (C=O) groups excluding carboxylic acids is 2. The van der Waals surface area contributed by atoms with E-state index < -0.39 is 49.5 Å². The topological polar surface area (TPSA) is 175 Å². The predicted octanol–water partition coefficient (Wildman–Crippen LogP) is 15.6. The van der Waals surface area contributed by atoms with Gasteiger partial charge in [-0.2, -0.15) is 0 Å². The van der Waals surface area contributed by atoms with E-state index in [-0.39, 0.29) is 18.5 Å². The van der Waals surface area contributed by atoms with Gasteiger partial charge in [-0.3, -0.25) is 9.59 Å². The number of aliphatic hydroxyl groups is 5. The van der Waals surface area contributed by atoms with Crippen molar-refractivity contribution in [1.82, 2.24) is 5.32 Å². The summed E-state index contributed by atoms with van der Waals surface area (Å²) in [5.74, 6) is -0.193. The van der Waals surface area contributed by atoms with Crippen LogP contribution in [0.2, 0.25) is 0 Å². The van der Waals surface area contributed by atoms with E-state index in [1.807, 2.05) is 6.08 Å². The molecule has 1 fully saturated rings. The van der Waals surface area contributed by atoms with Gasteiger partial charge in [0, 0.05) is 12.8 Å². The van der Waals surface area contributed by atoms with Crippen molar-refractivity contribution in [2.75, 3.05) is 19.8 Å². The molecule has 0 aromatic rings. The molecule has 0 saturated carbocycles. The van der Waals surface area contributed by atoms with Crippen molar-refractivity contribution in [3.63, 3.8) is 0 Å². The van der Waals surface area contributed by atoms with Crippen molar-refractivity contribution < 1.29 is 49.3 Å². The summed E-state index contributed by atoms with van der Waals surface area (Å²) in [6.45, 7) is 4.28. The summed E-state index contributed by atoms with van der Waals surface area (Å²) < 4.78 is 16.7. The van der Waals surface area contributed by atoms with Crippen LogP contribution in [0, 0.1) is 0 Å². The molecular formula is C66H121NO10. The maximum atomic E-state index is 13.0. The van der Waals surface area contributed by atoms with E-state index in [1.54, 1.807) is 6.08 Å². The first-order valence-corrected chi connectivity index (χ1v) is 32.4. The van der Waals surface area contributed by atoms with E-state index in [9.17, 15) is 35.1 Å². The van der Waals surface area contributed by atoms with Gasteiger partial charge in [0.15, 0.2) is 6.29 Å². The van der Waals surface area contributed by atoms with Crippen LogP contribution in [0.15, 0.2) is 48.6 Å². The quantitative estimate of drug-likeness (QED) is 0.0195. The fourth-order valence-electron chi connectivity index (χ4n) is 9.98. The number of carbonyl (C=O) groups is 2. The molecule has 0 aliphatic carbocycles. The molecule has 1 saturated heterocycles. The molecule has 0 radical (unpaired) electrons. The smallest absolute Gasteiger partial charge is 0.305 e. The second-order valence-corrected chi connectivity index (χ2v) is 22.5. The van der Waals surface area contributed by atoms with Gasteiger partial charge in [0.05, 0.1) is 32.0 Å². The summed E-state index contributed by atoms with van der Waals surface area (Å²) in [6.07, 6.45) is 61.0. The van der Waals surface area contributed by atoms with Gasteiger partial charge in [-0.1, -0.05) is 249 Å². The molecular weight excluding hydrogens is 967 g/mol. The van der Waals surface area contributed by atoms with Crippen molar-refractivity contribution >= 4 is 11.9 Å². The minimum atomic E-state index is -1.57. The summed E-state index contributed by atoms with van der Waals surface area (Å²) in [7, 11) is 0. The Kier molecular flexibility index (Phi) is 52.4. The number of amides is 1. The number of nitrogens with one attached hydrogen (secondary N) is 1. The number of hydrogen-bond acceptors (Lipinski definition) is 10. The minimum absolute atomic E-state index is 0.00825. The van der Waals surface area contributed by atoms with Crippen LogP contribution in [0.25, 0.3) is 0 Å². The molecule has 0 spiro atoms. The molecule has 0 aromatic carbocycles. The predicted molar refractivity (Wildman–Crippen MR) is 320 cm³/mol. The molecule has 11 heteroatoms. The molecule has 1 amide bonds. The molecule has 0 aromatic heterocycles. The van der Waals surface area contributed by atoms with Crippen LogP contribution in [-0.4, -0.2) is 100 Å². The molecule has 1 aliphatic heterocycles. The lowest BCUT2D eigenvalue weighted by Crippen LogP contribution is -2.60. The number of esters is 1. The van der Waals surface area contributed by atoms with E-state index in [1.165, 1.54) is 205 Å². The second-order valence-electron chi connectivity index (χ2n) is 22.5. The maximum absolute atomic E-state index is 13.0. The first-order chi connectivity index (χ1) is 37.7. The largest absolute Gasteiger partial charge is 0.466 e. The average Bonchev–Trinajstić information content (AvgIpc) is 3.43. The van der Waals surface area contributed by atoms with Gasteiger partial charge in [0.25, 0.3) is 0 Å². The van der Waals surface area contributed by atoms with Crippen LogP contribution >= 0.6 is 0 Å². The van der Waals surface area contributed by atoms with Crippen molar-refractivity contribution in [2.45, 2.75) is 339 Å². The Hall–Kier alpha value is -2.38. The summed E-state index contributed by atoms with van der Waals surface area (Å²) in [6, 6.07) is -0.810. The number of aliphatic hydroxyl groups excluding tert-OH is 5. The standard InChI is InChI=1S/C66H121NO10/c1-3-5-7-9-11-13-33-38-42-46-50-54-62(71)75-55-51-47-43-39-35-32-30-28-26-24-22-20-18-16-14-15-17-19-21-23-25-27-29-31-34-37-41-45-49-53-61(70)67-58(59(69)52-48-44-40-36-12-10-8-6-4-2)57-76-66-65(74)64(73)63(72)60(56-68)77-66/h9,11,14,16,20,22,48,52,58-60,63-66,68-69,72-74H,3-8,10,12-13,15,17-19,21,23-47,49-51,53-57H2,1-2H3,(H,67,70)/b11-9-,16-14-,22-20-,52-48+. The Morgan fingerprint density at radius 1 is 0.481 bits per heavy atom. The molecule has 0 bridgehead atoms.